The third-order valence-electron chi connectivity index (χ3n) is 12.6. The molecule has 0 spiro atoms. The lowest BCUT2D eigenvalue weighted by Gasteiger charge is -2.40. The number of hydrogen-bond donors (Lipinski definition) is 3. The van der Waals surface area contributed by atoms with Crippen molar-refractivity contribution in [2.24, 2.45) is 17.8 Å². The second kappa shape index (κ2) is 18.9. The number of carbonyl (C=O) groups is 2. The van der Waals surface area contributed by atoms with Crippen molar-refractivity contribution in [3.8, 4) is 0 Å². The van der Waals surface area contributed by atoms with E-state index >= 15 is 0 Å². The first-order valence-electron chi connectivity index (χ1n) is 20.3. The minimum atomic E-state index is -2.24. The smallest absolute Gasteiger partial charge is 0.308 e. The van der Waals surface area contributed by atoms with E-state index in [4.69, 9.17) is 23.1 Å². The Morgan fingerprint density at radius 2 is 1.56 bits per heavy atom. The van der Waals surface area contributed by atoms with Crippen LogP contribution in [-0.2, 0) is 32.7 Å². The molecular formula is C42H78O10Si2. The maximum atomic E-state index is 13.6. The Morgan fingerprint density at radius 3 is 2.07 bits per heavy atom. The molecule has 0 aromatic heterocycles. The van der Waals surface area contributed by atoms with Gasteiger partial charge in [0.2, 0.25) is 0 Å². The van der Waals surface area contributed by atoms with Crippen molar-refractivity contribution >= 4 is 28.6 Å². The molecule has 0 aromatic rings. The molecule has 0 amide bonds. The number of cyclic esters (lactones) is 1. The van der Waals surface area contributed by atoms with Crippen molar-refractivity contribution in [1.82, 2.24) is 0 Å². The topological polar surface area (TPSA) is 144 Å². The molecule has 2 aliphatic rings. The molecule has 2 aliphatic heterocycles. The minimum Gasteiger partial charge on any atom is -0.458 e. The number of aliphatic hydroxyl groups excluding tert-OH is 2. The molecule has 3 N–H and O–H groups in total. The molecule has 0 aromatic carbocycles. The van der Waals surface area contributed by atoms with E-state index in [-0.39, 0.29) is 71.1 Å². The van der Waals surface area contributed by atoms with Crippen LogP contribution in [0.5, 0.6) is 0 Å². The van der Waals surface area contributed by atoms with Gasteiger partial charge in [-0.15, -0.1) is 0 Å². The number of rotatable bonds is 14. The van der Waals surface area contributed by atoms with Gasteiger partial charge in [-0.25, -0.2) is 0 Å². The van der Waals surface area contributed by atoms with Gasteiger partial charge in [-0.3, -0.25) is 9.59 Å². The highest BCUT2D eigenvalue weighted by Crippen LogP contribution is 2.43. The Hall–Kier alpha value is -1.39. The average Bonchev–Trinajstić information content (AvgIpc) is 3.78. The fraction of sp³-hybridized carbons (Fsp3) is 0.857. The Morgan fingerprint density at radius 1 is 0.981 bits per heavy atom. The number of esters is 2. The molecule has 2 unspecified atom stereocenters. The third-order valence-corrected chi connectivity index (χ3v) is 21.7. The van der Waals surface area contributed by atoms with E-state index in [0.717, 1.165) is 6.42 Å². The van der Waals surface area contributed by atoms with E-state index < -0.39 is 52.6 Å². The summed E-state index contributed by atoms with van der Waals surface area (Å²) in [6, 6.07) is 0. The Kier molecular flexibility index (Phi) is 17.1. The summed E-state index contributed by atoms with van der Waals surface area (Å²) >= 11 is 0. The van der Waals surface area contributed by atoms with Gasteiger partial charge in [-0.1, -0.05) is 81.4 Å². The van der Waals surface area contributed by atoms with Crippen molar-refractivity contribution < 1.29 is 48.0 Å². The van der Waals surface area contributed by atoms with E-state index in [9.17, 15) is 24.9 Å². The van der Waals surface area contributed by atoms with E-state index in [1.54, 1.807) is 6.92 Å². The summed E-state index contributed by atoms with van der Waals surface area (Å²) in [4.78, 5) is 25.7. The number of hydrogen-bond acceptors (Lipinski definition) is 10. The summed E-state index contributed by atoms with van der Waals surface area (Å²) in [5.74, 6) is -1.10. The molecule has 2 heterocycles. The van der Waals surface area contributed by atoms with Gasteiger partial charge in [0.15, 0.2) is 16.6 Å². The molecular weight excluding hydrogens is 721 g/mol. The lowest BCUT2D eigenvalue weighted by Crippen LogP contribution is -2.48. The van der Waals surface area contributed by atoms with Crippen LogP contribution in [0.4, 0.5) is 0 Å². The maximum Gasteiger partial charge on any atom is 0.308 e. The average molecular weight is 799 g/mol. The molecule has 2 rings (SSSR count). The zero-order chi connectivity index (χ0) is 41.8. The van der Waals surface area contributed by atoms with Crippen LogP contribution in [0.2, 0.25) is 36.3 Å². The molecule has 12 heteroatoms. The van der Waals surface area contributed by atoms with Crippen LogP contribution in [0.1, 0.15) is 122 Å². The van der Waals surface area contributed by atoms with Crippen molar-refractivity contribution in [2.75, 3.05) is 0 Å². The molecule has 12 atom stereocenters. The molecule has 0 saturated carbocycles. The van der Waals surface area contributed by atoms with Crippen molar-refractivity contribution in [2.45, 2.75) is 213 Å². The van der Waals surface area contributed by atoms with Crippen molar-refractivity contribution in [1.29, 1.82) is 0 Å². The highest BCUT2D eigenvalue weighted by Gasteiger charge is 2.52. The van der Waals surface area contributed by atoms with Crippen LogP contribution >= 0.6 is 0 Å². The van der Waals surface area contributed by atoms with Crippen molar-refractivity contribution in [3.05, 3.63) is 23.8 Å². The van der Waals surface area contributed by atoms with Gasteiger partial charge < -0.3 is 38.4 Å². The molecule has 1 fully saturated rings. The van der Waals surface area contributed by atoms with Gasteiger partial charge in [-0.05, 0) is 86.9 Å². The van der Waals surface area contributed by atoms with Crippen LogP contribution in [0.3, 0.4) is 0 Å². The highest BCUT2D eigenvalue weighted by molar-refractivity contribution is 6.74. The minimum absolute atomic E-state index is 0.0121. The molecule has 0 radical (unpaired) electrons. The first kappa shape index (κ1) is 48.8. The summed E-state index contributed by atoms with van der Waals surface area (Å²) in [6.07, 6.45) is 2.41. The van der Waals surface area contributed by atoms with Gasteiger partial charge in [0, 0.05) is 31.3 Å². The normalized spacial score (nSPS) is 30.8. The van der Waals surface area contributed by atoms with Gasteiger partial charge in [0.1, 0.15) is 24.4 Å². The molecule has 314 valence electrons. The first-order valence-corrected chi connectivity index (χ1v) is 26.1. The SMILES string of the molecule is CC[C@H](O[Si](C)(C)C(C)(C)C)[C@@H](C)[C@H]1O[C@@H]1C[C@@](C)(O)C(O)C(O)/C=C(\C)[C@H]1OC(=O)C[C@H](O[Si](C)(C)C(C)(C)C)CC[C@H](C)[C@@H](OC(C)=O)/C=C/[C@@H]1C. The largest absolute Gasteiger partial charge is 0.458 e. The summed E-state index contributed by atoms with van der Waals surface area (Å²) in [5, 5.41) is 34.1. The quantitative estimate of drug-likeness (QED) is 0.0680. The second-order valence-corrected chi connectivity index (χ2v) is 29.2. The van der Waals surface area contributed by atoms with E-state index in [2.05, 4.69) is 81.6 Å². The predicted octanol–water partition coefficient (Wildman–Crippen LogP) is 8.25. The summed E-state index contributed by atoms with van der Waals surface area (Å²) in [5.41, 5.74) is -1.16. The first-order chi connectivity index (χ1) is 24.4. The number of aliphatic hydroxyl groups is 3. The van der Waals surface area contributed by atoms with Crippen molar-refractivity contribution in [3.63, 3.8) is 0 Å². The second-order valence-electron chi connectivity index (χ2n) is 19.7. The molecule has 0 bridgehead atoms. The predicted molar refractivity (Wildman–Crippen MR) is 220 cm³/mol. The van der Waals surface area contributed by atoms with Gasteiger partial charge >= 0.3 is 11.9 Å². The zero-order valence-electron chi connectivity index (χ0n) is 36.8. The van der Waals surface area contributed by atoms with Gasteiger partial charge in [0.25, 0.3) is 0 Å². The van der Waals surface area contributed by atoms with E-state index in [1.165, 1.54) is 19.9 Å². The van der Waals surface area contributed by atoms with Crippen LogP contribution in [-0.4, -0.2) is 98.3 Å². The molecule has 0 aliphatic carbocycles. The molecule has 54 heavy (non-hydrogen) atoms. The number of epoxide rings is 1. The summed E-state index contributed by atoms with van der Waals surface area (Å²) in [6.45, 7) is 34.7. The number of carbonyl (C=O) groups excluding carboxylic acids is 2. The Labute approximate surface area is 330 Å². The standard InChI is InChI=1S/C42H78O10Si2/c1-18-33(52-54(16,17)41(10,11)12)29(5)38-35(49-38)25-42(13,47)39(46)32(44)23-28(4)37-27(3)20-22-34(48-30(6)43)26(2)19-21-31(24-36(45)50-37)51-53(14,15)40(7,8)9/h20,22-23,26-27,29,31-35,37-39,44,46-47H,18-19,21,24-25H2,1-17H3/b22-20+,28-23+/t26-,27-,29+,31+,32?,33-,34-,35+,37-,38+,39?,42+/m0/s1. The monoisotopic (exact) mass is 799 g/mol. The Bertz CT molecular complexity index is 1300. The van der Waals surface area contributed by atoms with Crippen LogP contribution in [0.25, 0.3) is 0 Å². The fourth-order valence-corrected chi connectivity index (χ4v) is 9.67. The zero-order valence-corrected chi connectivity index (χ0v) is 38.8. The van der Waals surface area contributed by atoms with Crippen LogP contribution < -0.4 is 0 Å². The van der Waals surface area contributed by atoms with Gasteiger partial charge in [-0.2, -0.15) is 0 Å². The summed E-state index contributed by atoms with van der Waals surface area (Å²) in [7, 11) is -4.25. The van der Waals surface area contributed by atoms with E-state index in [1.807, 2.05) is 26.0 Å². The van der Waals surface area contributed by atoms with Gasteiger partial charge in [0.05, 0.1) is 30.3 Å². The third kappa shape index (κ3) is 13.6. The number of ether oxygens (including phenoxy) is 3. The van der Waals surface area contributed by atoms with Crippen LogP contribution in [0, 0.1) is 17.8 Å². The highest BCUT2D eigenvalue weighted by atomic mass is 28.4. The fourth-order valence-electron chi connectivity index (χ4n) is 6.79. The lowest BCUT2D eigenvalue weighted by molar-refractivity contribution is -0.151. The lowest BCUT2D eigenvalue weighted by atomic mass is 9.85. The Balaban J connectivity index is 2.29. The van der Waals surface area contributed by atoms with Crippen LogP contribution in [0.15, 0.2) is 23.8 Å². The summed E-state index contributed by atoms with van der Waals surface area (Å²) < 4.78 is 31.4. The molecule has 1 saturated heterocycles. The molecule has 10 nitrogen and oxygen atoms in total. The maximum absolute atomic E-state index is 13.6. The van der Waals surface area contributed by atoms with E-state index in [0.29, 0.717) is 18.4 Å².